The molecule has 0 aliphatic heterocycles. The third-order valence-corrected chi connectivity index (χ3v) is 4.73. The van der Waals surface area contributed by atoms with Crippen LogP contribution >= 0.6 is 0 Å². The van der Waals surface area contributed by atoms with Gasteiger partial charge in [-0.25, -0.2) is 4.98 Å². The Kier molecular flexibility index (Phi) is 5.26. The lowest BCUT2D eigenvalue weighted by Gasteiger charge is -2.11. The molecule has 136 valence electrons. The van der Waals surface area contributed by atoms with Crippen molar-refractivity contribution in [3.05, 3.63) is 53.9 Å². The van der Waals surface area contributed by atoms with Gasteiger partial charge in [0.1, 0.15) is 11.6 Å². The Labute approximate surface area is 153 Å². The molecule has 3 aromatic rings. The molecule has 2 aromatic carbocycles. The van der Waals surface area contributed by atoms with Crippen LogP contribution in [0.3, 0.4) is 0 Å². The quantitative estimate of drug-likeness (QED) is 0.690. The number of rotatable bonds is 7. The van der Waals surface area contributed by atoms with Gasteiger partial charge in [0.05, 0.1) is 24.1 Å². The summed E-state index contributed by atoms with van der Waals surface area (Å²) in [5.74, 6) is 0.737. The van der Waals surface area contributed by atoms with E-state index in [0.717, 1.165) is 46.7 Å². The highest BCUT2D eigenvalue weighted by Crippen LogP contribution is 2.26. The van der Waals surface area contributed by atoms with E-state index >= 15 is 0 Å². The number of aryl methyl sites for hydroxylation is 2. The largest absolute Gasteiger partial charge is 0.497 e. The molecule has 1 heterocycles. The fraction of sp³-hybridized carbons (Fsp3) is 0.333. The van der Waals surface area contributed by atoms with E-state index < -0.39 is 5.97 Å². The fourth-order valence-electron chi connectivity index (χ4n) is 3.08. The summed E-state index contributed by atoms with van der Waals surface area (Å²) in [4.78, 5) is 15.7. The molecule has 0 fully saturated rings. The molecule has 3 rings (SSSR count). The van der Waals surface area contributed by atoms with E-state index in [4.69, 9.17) is 14.8 Å². The van der Waals surface area contributed by atoms with E-state index in [-0.39, 0.29) is 5.92 Å². The highest BCUT2D eigenvalue weighted by atomic mass is 16.5. The first-order valence-electron chi connectivity index (χ1n) is 8.91. The molecule has 0 aliphatic carbocycles. The van der Waals surface area contributed by atoms with Gasteiger partial charge in [-0.05, 0) is 42.7 Å². The Morgan fingerprint density at radius 3 is 2.58 bits per heavy atom. The summed E-state index contributed by atoms with van der Waals surface area (Å²) in [6.45, 7) is 3.84. The predicted octanol–water partition coefficient (Wildman–Crippen LogP) is 4.25. The molecule has 1 aromatic heterocycles. The maximum Gasteiger partial charge on any atom is 0.306 e. The molecule has 0 bridgehead atoms. The number of hydrogen-bond donors (Lipinski definition) is 1. The molecule has 0 radical (unpaired) electrons. The number of nitrogens with zero attached hydrogens (tertiary/aromatic N) is 2. The van der Waals surface area contributed by atoms with Gasteiger partial charge in [-0.2, -0.15) is 0 Å². The number of aliphatic carboxylic acids is 1. The van der Waals surface area contributed by atoms with Gasteiger partial charge < -0.3 is 9.84 Å². The molecule has 0 saturated carbocycles. The topological polar surface area (TPSA) is 64.4 Å². The van der Waals surface area contributed by atoms with Crippen LogP contribution in [0.5, 0.6) is 5.75 Å². The van der Waals surface area contributed by atoms with E-state index in [0.29, 0.717) is 6.42 Å². The minimum absolute atomic E-state index is 0.327. The van der Waals surface area contributed by atoms with Gasteiger partial charge in [-0.15, -0.1) is 0 Å². The number of methoxy groups -OCH3 is 1. The van der Waals surface area contributed by atoms with Crippen molar-refractivity contribution < 1.29 is 14.6 Å². The van der Waals surface area contributed by atoms with E-state index in [1.165, 1.54) is 0 Å². The number of carboxylic acids is 1. The summed E-state index contributed by atoms with van der Waals surface area (Å²) in [5, 5.41) is 9.01. The van der Waals surface area contributed by atoms with Gasteiger partial charge in [0, 0.05) is 18.2 Å². The summed E-state index contributed by atoms with van der Waals surface area (Å²) in [6, 6.07) is 14.2. The Bertz CT molecular complexity index is 913. The van der Waals surface area contributed by atoms with Crippen LogP contribution in [-0.2, 0) is 17.6 Å². The number of ether oxygens (including phenoxy) is 1. The zero-order valence-corrected chi connectivity index (χ0v) is 15.4. The van der Waals surface area contributed by atoms with Gasteiger partial charge in [-0.3, -0.25) is 9.36 Å². The lowest BCUT2D eigenvalue weighted by molar-refractivity contribution is -0.141. The third kappa shape index (κ3) is 3.57. The van der Waals surface area contributed by atoms with Crippen molar-refractivity contribution in [3.63, 3.8) is 0 Å². The average Bonchev–Trinajstić information content (AvgIpc) is 3.03. The molecule has 1 N–H and O–H groups in total. The second-order valence-corrected chi connectivity index (χ2v) is 6.52. The molecular weight excluding hydrogens is 328 g/mol. The van der Waals surface area contributed by atoms with Crippen molar-refractivity contribution in [2.75, 3.05) is 7.11 Å². The minimum Gasteiger partial charge on any atom is -0.497 e. The highest BCUT2D eigenvalue weighted by molar-refractivity contribution is 5.80. The third-order valence-electron chi connectivity index (χ3n) is 4.73. The van der Waals surface area contributed by atoms with Crippen LogP contribution in [0, 0.1) is 5.92 Å². The Hall–Kier alpha value is -2.82. The molecule has 1 unspecified atom stereocenters. The molecule has 5 heteroatoms. The van der Waals surface area contributed by atoms with E-state index in [1.807, 2.05) is 18.2 Å². The summed E-state index contributed by atoms with van der Waals surface area (Å²) in [7, 11) is 1.66. The van der Waals surface area contributed by atoms with Crippen LogP contribution in [-0.4, -0.2) is 27.7 Å². The van der Waals surface area contributed by atoms with E-state index in [9.17, 15) is 4.79 Å². The Morgan fingerprint density at radius 2 is 1.96 bits per heavy atom. The Balaban J connectivity index is 1.92. The molecule has 26 heavy (non-hydrogen) atoms. The molecule has 0 amide bonds. The lowest BCUT2D eigenvalue weighted by Crippen LogP contribution is -2.10. The van der Waals surface area contributed by atoms with Crippen LogP contribution in [0.2, 0.25) is 0 Å². The normalized spacial score (nSPS) is 12.3. The first-order valence-corrected chi connectivity index (χ1v) is 8.91. The van der Waals surface area contributed by atoms with Crippen LogP contribution in [0.25, 0.3) is 16.7 Å². The number of fused-ring (bicyclic) bond motifs is 1. The zero-order chi connectivity index (χ0) is 18.7. The number of aromatic nitrogens is 2. The summed E-state index contributed by atoms with van der Waals surface area (Å²) >= 11 is 0. The molecule has 0 aliphatic rings. The molecule has 0 spiro atoms. The second-order valence-electron chi connectivity index (χ2n) is 6.52. The molecule has 5 nitrogen and oxygen atoms in total. The monoisotopic (exact) mass is 352 g/mol. The van der Waals surface area contributed by atoms with Gasteiger partial charge in [0.2, 0.25) is 0 Å². The maximum absolute atomic E-state index is 11.0. The maximum atomic E-state index is 11.0. The predicted molar refractivity (Wildman–Crippen MR) is 102 cm³/mol. The van der Waals surface area contributed by atoms with Crippen molar-refractivity contribution >= 4 is 17.0 Å². The fourth-order valence-corrected chi connectivity index (χ4v) is 3.08. The number of hydrogen-bond acceptors (Lipinski definition) is 3. The number of carboxylic acid groups (broad SMARTS) is 1. The standard InChI is InChI=1S/C21H24N2O3/c1-4-20-22-18-12-11-17(26-3)13-19(18)23(20)16-9-7-15(8-10-16)6-5-14(2)21(24)25/h7-14H,4-6H2,1-3H3,(H,24,25). The minimum atomic E-state index is -0.743. The first kappa shape index (κ1) is 18.0. The summed E-state index contributed by atoms with van der Waals surface area (Å²) in [5.41, 5.74) is 4.16. The number of imidazole rings is 1. The van der Waals surface area contributed by atoms with Crippen LogP contribution in [0.4, 0.5) is 0 Å². The highest BCUT2D eigenvalue weighted by Gasteiger charge is 2.13. The van der Waals surface area contributed by atoms with Crippen molar-refractivity contribution in [1.29, 1.82) is 0 Å². The van der Waals surface area contributed by atoms with Crippen molar-refractivity contribution in [2.45, 2.75) is 33.1 Å². The van der Waals surface area contributed by atoms with Crippen LogP contribution < -0.4 is 4.74 Å². The first-order chi connectivity index (χ1) is 12.5. The van der Waals surface area contributed by atoms with Crippen molar-refractivity contribution in [3.8, 4) is 11.4 Å². The van der Waals surface area contributed by atoms with Crippen LogP contribution in [0.1, 0.15) is 31.7 Å². The van der Waals surface area contributed by atoms with E-state index in [2.05, 4.69) is 35.8 Å². The summed E-state index contributed by atoms with van der Waals surface area (Å²) < 4.78 is 7.51. The number of carbonyl (C=O) groups is 1. The summed E-state index contributed by atoms with van der Waals surface area (Å²) in [6.07, 6.45) is 2.22. The average molecular weight is 352 g/mol. The smallest absolute Gasteiger partial charge is 0.306 e. The van der Waals surface area contributed by atoms with Crippen molar-refractivity contribution in [1.82, 2.24) is 9.55 Å². The van der Waals surface area contributed by atoms with E-state index in [1.54, 1.807) is 14.0 Å². The van der Waals surface area contributed by atoms with Gasteiger partial charge >= 0.3 is 5.97 Å². The molecule has 0 saturated heterocycles. The van der Waals surface area contributed by atoms with Gasteiger partial charge in [0.25, 0.3) is 0 Å². The lowest BCUT2D eigenvalue weighted by atomic mass is 10.0. The van der Waals surface area contributed by atoms with Crippen molar-refractivity contribution in [2.24, 2.45) is 5.92 Å². The molecular formula is C21H24N2O3. The Morgan fingerprint density at radius 1 is 1.23 bits per heavy atom. The van der Waals surface area contributed by atoms with Gasteiger partial charge in [-0.1, -0.05) is 26.0 Å². The SMILES string of the molecule is CCc1nc2ccc(OC)cc2n1-c1ccc(CCC(C)C(=O)O)cc1. The second kappa shape index (κ2) is 7.60. The molecule has 1 atom stereocenters. The van der Waals surface area contributed by atoms with Crippen LogP contribution in [0.15, 0.2) is 42.5 Å². The van der Waals surface area contributed by atoms with Gasteiger partial charge in [0.15, 0.2) is 0 Å². The number of benzene rings is 2. The zero-order valence-electron chi connectivity index (χ0n) is 15.4.